The van der Waals surface area contributed by atoms with E-state index in [1.807, 2.05) is 34.3 Å². The van der Waals surface area contributed by atoms with Crippen LogP contribution in [0, 0.1) is 0 Å². The summed E-state index contributed by atoms with van der Waals surface area (Å²) >= 11 is 0. The van der Waals surface area contributed by atoms with Gasteiger partial charge in [0.1, 0.15) is 5.75 Å². The van der Waals surface area contributed by atoms with Crippen LogP contribution < -0.4 is 0 Å². The molecule has 1 N–H and O–H groups in total. The number of hydrogen-bond donors (Lipinski definition) is 1. The van der Waals surface area contributed by atoms with E-state index in [-0.39, 0.29) is 0 Å². The minimum absolute atomic E-state index is 0.381. The van der Waals surface area contributed by atoms with Crippen molar-refractivity contribution in [3.05, 3.63) is 29.3 Å². The Balaban J connectivity index is 2.85. The van der Waals surface area contributed by atoms with Crippen LogP contribution in [0.1, 0.15) is 11.1 Å². The topological polar surface area (TPSA) is 26.7 Å². The van der Waals surface area contributed by atoms with Crippen LogP contribution >= 0.6 is 0 Å². The first kappa shape index (κ1) is 12.0. The van der Waals surface area contributed by atoms with E-state index in [4.69, 9.17) is 0 Å². The third-order valence-electron chi connectivity index (χ3n) is 2.13. The number of nitrogens with zero attached hydrogens (tertiary/aromatic N) is 2. The second-order valence-corrected chi connectivity index (χ2v) is 4.44. The van der Waals surface area contributed by atoms with E-state index in [1.165, 1.54) is 5.56 Å². The fourth-order valence-corrected chi connectivity index (χ4v) is 1.57. The molecule has 0 fully saturated rings. The normalized spacial score (nSPS) is 11.3. The Morgan fingerprint density at radius 3 is 2.13 bits per heavy atom. The molecule has 3 heteroatoms. The highest BCUT2D eigenvalue weighted by atomic mass is 16.3. The highest BCUT2D eigenvalue weighted by molar-refractivity contribution is 5.36. The maximum Gasteiger partial charge on any atom is 0.120 e. The number of phenols is 1. The molecule has 0 aromatic heterocycles. The lowest BCUT2D eigenvalue weighted by Gasteiger charge is -2.14. The van der Waals surface area contributed by atoms with Gasteiger partial charge in [-0.2, -0.15) is 0 Å². The van der Waals surface area contributed by atoms with E-state index in [2.05, 4.69) is 15.9 Å². The molecule has 1 aromatic carbocycles. The molecule has 0 heterocycles. The third-order valence-corrected chi connectivity index (χ3v) is 2.13. The molecule has 0 bridgehead atoms. The smallest absolute Gasteiger partial charge is 0.120 e. The first-order chi connectivity index (χ1) is 6.99. The average Bonchev–Trinajstić information content (AvgIpc) is 2.09. The largest absolute Gasteiger partial charge is 0.508 e. The summed E-state index contributed by atoms with van der Waals surface area (Å²) < 4.78 is 0. The van der Waals surface area contributed by atoms with Gasteiger partial charge in [0.05, 0.1) is 0 Å². The van der Waals surface area contributed by atoms with Gasteiger partial charge in [-0.1, -0.05) is 6.07 Å². The Morgan fingerprint density at radius 1 is 1.00 bits per heavy atom. The van der Waals surface area contributed by atoms with Crippen LogP contribution in [-0.4, -0.2) is 43.1 Å². The molecule has 0 aliphatic heterocycles. The van der Waals surface area contributed by atoms with Gasteiger partial charge in [-0.15, -0.1) is 0 Å². The average molecular weight is 208 g/mol. The zero-order chi connectivity index (χ0) is 11.4. The highest BCUT2D eigenvalue weighted by Crippen LogP contribution is 2.20. The van der Waals surface area contributed by atoms with Crippen molar-refractivity contribution in [3.63, 3.8) is 0 Å². The Labute approximate surface area is 91.9 Å². The summed E-state index contributed by atoms with van der Waals surface area (Å²) in [5, 5.41) is 9.68. The van der Waals surface area contributed by atoms with Gasteiger partial charge in [0.2, 0.25) is 0 Å². The van der Waals surface area contributed by atoms with Crippen molar-refractivity contribution >= 4 is 0 Å². The van der Waals surface area contributed by atoms with Crippen molar-refractivity contribution in [2.75, 3.05) is 28.2 Å². The first-order valence-corrected chi connectivity index (χ1v) is 5.09. The van der Waals surface area contributed by atoms with Crippen LogP contribution in [0.3, 0.4) is 0 Å². The summed E-state index contributed by atoms with van der Waals surface area (Å²) in [7, 11) is 8.08. The molecular weight excluding hydrogens is 188 g/mol. The summed E-state index contributed by atoms with van der Waals surface area (Å²) in [4.78, 5) is 4.17. The molecular formula is C12H20N2O. The van der Waals surface area contributed by atoms with Crippen molar-refractivity contribution < 1.29 is 5.11 Å². The van der Waals surface area contributed by atoms with E-state index < -0.39 is 0 Å². The fourth-order valence-electron chi connectivity index (χ4n) is 1.57. The predicted octanol–water partition coefficient (Wildman–Crippen LogP) is 1.52. The summed E-state index contributed by atoms with van der Waals surface area (Å²) in [6, 6.07) is 5.81. The first-order valence-electron chi connectivity index (χ1n) is 5.09. The molecule has 84 valence electrons. The minimum Gasteiger partial charge on any atom is -0.508 e. The summed E-state index contributed by atoms with van der Waals surface area (Å²) in [5.74, 6) is 0.381. The van der Waals surface area contributed by atoms with Gasteiger partial charge < -0.3 is 14.9 Å². The molecule has 1 rings (SSSR count). The number of rotatable bonds is 4. The lowest BCUT2D eigenvalue weighted by molar-refractivity contribution is 0.382. The zero-order valence-corrected chi connectivity index (χ0v) is 9.99. The Bertz CT molecular complexity index is 321. The minimum atomic E-state index is 0.381. The molecule has 0 atom stereocenters. The maximum atomic E-state index is 9.68. The van der Waals surface area contributed by atoms with Gasteiger partial charge in [0.25, 0.3) is 0 Å². The summed E-state index contributed by atoms with van der Waals surface area (Å²) in [6.07, 6.45) is 0. The maximum absolute atomic E-state index is 9.68. The second-order valence-electron chi connectivity index (χ2n) is 4.44. The molecule has 3 nitrogen and oxygen atoms in total. The molecule has 0 saturated carbocycles. The number of benzene rings is 1. The molecule has 0 radical (unpaired) electrons. The van der Waals surface area contributed by atoms with Gasteiger partial charge >= 0.3 is 0 Å². The van der Waals surface area contributed by atoms with E-state index in [9.17, 15) is 5.11 Å². The fraction of sp³-hybridized carbons (Fsp3) is 0.500. The summed E-state index contributed by atoms with van der Waals surface area (Å²) in [6.45, 7) is 1.67. The van der Waals surface area contributed by atoms with Crippen molar-refractivity contribution in [2.24, 2.45) is 0 Å². The van der Waals surface area contributed by atoms with Gasteiger partial charge in [-0.05, 0) is 45.9 Å². The molecule has 0 aliphatic rings. The molecule has 15 heavy (non-hydrogen) atoms. The SMILES string of the molecule is CN(C)Cc1ccc(O)c(CN(C)C)c1. The van der Waals surface area contributed by atoms with Crippen molar-refractivity contribution in [1.82, 2.24) is 9.80 Å². The lowest BCUT2D eigenvalue weighted by Crippen LogP contribution is -2.13. The van der Waals surface area contributed by atoms with Crippen molar-refractivity contribution in [2.45, 2.75) is 13.1 Å². The monoisotopic (exact) mass is 208 g/mol. The van der Waals surface area contributed by atoms with E-state index in [0.717, 1.165) is 18.7 Å². The molecule has 0 spiro atoms. The zero-order valence-electron chi connectivity index (χ0n) is 9.99. The van der Waals surface area contributed by atoms with Crippen molar-refractivity contribution in [1.29, 1.82) is 0 Å². The van der Waals surface area contributed by atoms with Gasteiger partial charge in [-0.25, -0.2) is 0 Å². The lowest BCUT2D eigenvalue weighted by atomic mass is 10.1. The van der Waals surface area contributed by atoms with Crippen LogP contribution in [0.4, 0.5) is 0 Å². The molecule has 0 aliphatic carbocycles. The van der Waals surface area contributed by atoms with E-state index >= 15 is 0 Å². The van der Waals surface area contributed by atoms with Crippen LogP contribution in [0.2, 0.25) is 0 Å². The highest BCUT2D eigenvalue weighted by Gasteiger charge is 2.04. The Hall–Kier alpha value is -1.06. The third kappa shape index (κ3) is 3.90. The van der Waals surface area contributed by atoms with Gasteiger partial charge in [-0.3, -0.25) is 0 Å². The van der Waals surface area contributed by atoms with Crippen molar-refractivity contribution in [3.8, 4) is 5.75 Å². The molecule has 0 unspecified atom stereocenters. The predicted molar refractivity (Wildman–Crippen MR) is 62.9 cm³/mol. The quantitative estimate of drug-likeness (QED) is 0.812. The number of hydrogen-bond acceptors (Lipinski definition) is 3. The van der Waals surface area contributed by atoms with Crippen LogP contribution in [0.25, 0.3) is 0 Å². The molecule has 0 saturated heterocycles. The molecule has 0 amide bonds. The number of aromatic hydroxyl groups is 1. The van der Waals surface area contributed by atoms with Crippen LogP contribution in [0.15, 0.2) is 18.2 Å². The van der Waals surface area contributed by atoms with Gasteiger partial charge in [0.15, 0.2) is 0 Å². The number of phenolic OH excluding ortho intramolecular Hbond substituents is 1. The standard InChI is InChI=1S/C12H20N2O/c1-13(2)8-10-5-6-12(15)11(7-10)9-14(3)4/h5-7,15H,8-9H2,1-4H3. The second kappa shape index (κ2) is 5.14. The summed E-state index contributed by atoms with van der Waals surface area (Å²) in [5.41, 5.74) is 2.22. The Kier molecular flexibility index (Phi) is 4.12. The van der Waals surface area contributed by atoms with Crippen LogP contribution in [0.5, 0.6) is 5.75 Å². The van der Waals surface area contributed by atoms with Gasteiger partial charge in [0, 0.05) is 18.7 Å². The van der Waals surface area contributed by atoms with E-state index in [0.29, 0.717) is 5.75 Å². The van der Waals surface area contributed by atoms with E-state index in [1.54, 1.807) is 6.07 Å². The Morgan fingerprint density at radius 2 is 1.60 bits per heavy atom. The van der Waals surface area contributed by atoms with Crippen LogP contribution in [-0.2, 0) is 13.1 Å². The molecule has 1 aromatic rings.